The Labute approximate surface area is 145 Å². The topological polar surface area (TPSA) is 89.3 Å². The molecule has 2 amide bonds. The molecule has 2 aromatic rings. The molecule has 0 atom stereocenters. The minimum absolute atomic E-state index is 0.144. The van der Waals surface area contributed by atoms with Crippen molar-refractivity contribution in [2.75, 3.05) is 31.5 Å². The number of anilines is 2. The second-order valence-corrected chi connectivity index (χ2v) is 5.68. The fourth-order valence-corrected chi connectivity index (χ4v) is 2.61. The Bertz CT molecular complexity index is 805. The number of benzene rings is 1. The Morgan fingerprint density at radius 2 is 1.84 bits per heavy atom. The van der Waals surface area contributed by atoms with E-state index in [4.69, 9.17) is 5.26 Å². The highest BCUT2D eigenvalue weighted by Crippen LogP contribution is 2.18. The van der Waals surface area contributed by atoms with Crippen molar-refractivity contribution in [2.24, 2.45) is 0 Å². The quantitative estimate of drug-likeness (QED) is 0.858. The van der Waals surface area contributed by atoms with Crippen molar-refractivity contribution in [1.82, 2.24) is 14.8 Å². The zero-order chi connectivity index (χ0) is 17.6. The Kier molecular flexibility index (Phi) is 4.90. The van der Waals surface area contributed by atoms with Gasteiger partial charge in [-0.05, 0) is 36.4 Å². The second kappa shape index (κ2) is 7.45. The third kappa shape index (κ3) is 3.93. The van der Waals surface area contributed by atoms with Gasteiger partial charge in [-0.25, -0.2) is 0 Å². The van der Waals surface area contributed by atoms with Crippen molar-refractivity contribution < 1.29 is 9.59 Å². The molecular formula is C18H17N5O2. The summed E-state index contributed by atoms with van der Waals surface area (Å²) in [6, 6.07) is 12.6. The van der Waals surface area contributed by atoms with Crippen LogP contribution < -0.4 is 5.32 Å². The second-order valence-electron chi connectivity index (χ2n) is 5.68. The Balaban J connectivity index is 1.69. The highest BCUT2D eigenvalue weighted by atomic mass is 16.2. The van der Waals surface area contributed by atoms with Crippen LogP contribution in [-0.2, 0) is 4.79 Å². The van der Waals surface area contributed by atoms with Gasteiger partial charge in [-0.3, -0.25) is 14.6 Å². The third-order valence-corrected chi connectivity index (χ3v) is 4.03. The van der Waals surface area contributed by atoms with Gasteiger partial charge in [0.25, 0.3) is 5.91 Å². The van der Waals surface area contributed by atoms with Crippen LogP contribution in [-0.4, -0.2) is 53.3 Å². The molecule has 0 unspecified atom stereocenters. The van der Waals surface area contributed by atoms with Crippen molar-refractivity contribution in [3.63, 3.8) is 0 Å². The molecular weight excluding hydrogens is 318 g/mol. The van der Waals surface area contributed by atoms with Gasteiger partial charge in [0.1, 0.15) is 5.69 Å². The molecule has 7 nitrogen and oxygen atoms in total. The van der Waals surface area contributed by atoms with Gasteiger partial charge in [0.15, 0.2) is 0 Å². The summed E-state index contributed by atoms with van der Waals surface area (Å²) >= 11 is 0. The highest BCUT2D eigenvalue weighted by molar-refractivity contribution is 5.93. The maximum absolute atomic E-state index is 12.6. The monoisotopic (exact) mass is 335 g/mol. The average molecular weight is 335 g/mol. The fraction of sp³-hybridized carbons (Fsp3) is 0.222. The number of rotatable bonds is 4. The van der Waals surface area contributed by atoms with E-state index < -0.39 is 0 Å². The molecule has 7 heteroatoms. The number of carbonyl (C=O) groups is 2. The van der Waals surface area contributed by atoms with Crippen molar-refractivity contribution >= 4 is 23.7 Å². The van der Waals surface area contributed by atoms with Crippen LogP contribution in [0.25, 0.3) is 0 Å². The maximum atomic E-state index is 12.6. The minimum atomic E-state index is -0.144. The van der Waals surface area contributed by atoms with Gasteiger partial charge in [0, 0.05) is 43.8 Å². The number of pyridine rings is 1. The molecule has 1 aromatic carbocycles. The molecule has 1 saturated heterocycles. The fourth-order valence-electron chi connectivity index (χ4n) is 2.61. The number of aromatic nitrogens is 1. The lowest BCUT2D eigenvalue weighted by atomic mass is 10.2. The van der Waals surface area contributed by atoms with Crippen LogP contribution in [0.15, 0.2) is 42.6 Å². The molecule has 0 saturated carbocycles. The van der Waals surface area contributed by atoms with Crippen LogP contribution >= 0.6 is 0 Å². The number of amides is 2. The van der Waals surface area contributed by atoms with Crippen molar-refractivity contribution in [1.29, 1.82) is 5.26 Å². The van der Waals surface area contributed by atoms with Gasteiger partial charge in [-0.2, -0.15) is 5.26 Å². The molecule has 0 bridgehead atoms. The predicted molar refractivity (Wildman–Crippen MR) is 92.2 cm³/mol. The summed E-state index contributed by atoms with van der Waals surface area (Å²) in [7, 11) is 0. The number of hydrogen-bond acceptors (Lipinski definition) is 5. The standard InChI is InChI=1S/C18H17N5O2/c19-12-14-1-3-15(4-2-14)21-16-5-6-20-17(11-16)18(25)23-9-7-22(13-24)8-10-23/h1-6,11,13H,7-10H2,(H,20,21). The first-order valence-electron chi connectivity index (χ1n) is 7.91. The first-order valence-corrected chi connectivity index (χ1v) is 7.91. The molecule has 1 aliphatic heterocycles. The van der Waals surface area contributed by atoms with E-state index >= 15 is 0 Å². The highest BCUT2D eigenvalue weighted by Gasteiger charge is 2.22. The molecule has 1 fully saturated rings. The van der Waals surface area contributed by atoms with E-state index in [0.717, 1.165) is 17.8 Å². The van der Waals surface area contributed by atoms with E-state index in [1.165, 1.54) is 0 Å². The van der Waals surface area contributed by atoms with Crippen LogP contribution in [0, 0.1) is 11.3 Å². The van der Waals surface area contributed by atoms with Crippen LogP contribution in [0.4, 0.5) is 11.4 Å². The lowest BCUT2D eigenvalue weighted by molar-refractivity contribution is -0.119. The Morgan fingerprint density at radius 1 is 1.12 bits per heavy atom. The summed E-state index contributed by atoms with van der Waals surface area (Å²) in [4.78, 5) is 30.8. The van der Waals surface area contributed by atoms with E-state index in [1.54, 1.807) is 52.4 Å². The molecule has 0 radical (unpaired) electrons. The van der Waals surface area contributed by atoms with Crippen LogP contribution in [0.5, 0.6) is 0 Å². The summed E-state index contributed by atoms with van der Waals surface area (Å²) in [5.41, 5.74) is 2.52. The predicted octanol–water partition coefficient (Wildman–Crippen LogP) is 1.61. The lowest BCUT2D eigenvalue weighted by Crippen LogP contribution is -2.48. The van der Waals surface area contributed by atoms with Gasteiger partial charge in [-0.1, -0.05) is 0 Å². The molecule has 1 aromatic heterocycles. The van der Waals surface area contributed by atoms with Gasteiger partial charge in [0.05, 0.1) is 11.6 Å². The van der Waals surface area contributed by atoms with Crippen molar-refractivity contribution in [3.8, 4) is 6.07 Å². The SMILES string of the molecule is N#Cc1ccc(Nc2ccnc(C(=O)N3CCN(C=O)CC3)c2)cc1. The van der Waals surface area contributed by atoms with Gasteiger partial charge in [-0.15, -0.1) is 0 Å². The van der Waals surface area contributed by atoms with E-state index in [2.05, 4.69) is 16.4 Å². The number of hydrogen-bond donors (Lipinski definition) is 1. The Morgan fingerprint density at radius 3 is 2.48 bits per heavy atom. The van der Waals surface area contributed by atoms with Crippen molar-refractivity contribution in [2.45, 2.75) is 0 Å². The summed E-state index contributed by atoms with van der Waals surface area (Å²) in [6.45, 7) is 2.09. The molecule has 3 rings (SSSR count). The lowest BCUT2D eigenvalue weighted by Gasteiger charge is -2.32. The molecule has 2 heterocycles. The van der Waals surface area contributed by atoms with Gasteiger partial charge < -0.3 is 15.1 Å². The molecule has 0 spiro atoms. The number of nitriles is 1. The molecule has 0 aliphatic carbocycles. The summed E-state index contributed by atoms with van der Waals surface area (Å²) in [6.07, 6.45) is 2.39. The maximum Gasteiger partial charge on any atom is 0.272 e. The first-order chi connectivity index (χ1) is 12.2. The van der Waals surface area contributed by atoms with Crippen LogP contribution in [0.2, 0.25) is 0 Å². The number of piperazine rings is 1. The normalized spacial score (nSPS) is 13.9. The number of nitrogens with one attached hydrogen (secondary N) is 1. The first kappa shape index (κ1) is 16.5. The van der Waals surface area contributed by atoms with Crippen LogP contribution in [0.1, 0.15) is 16.1 Å². The van der Waals surface area contributed by atoms with E-state index in [9.17, 15) is 9.59 Å². The average Bonchev–Trinajstić information content (AvgIpc) is 2.68. The molecule has 25 heavy (non-hydrogen) atoms. The van der Waals surface area contributed by atoms with E-state index in [1.807, 2.05) is 0 Å². The van der Waals surface area contributed by atoms with Crippen molar-refractivity contribution in [3.05, 3.63) is 53.9 Å². The van der Waals surface area contributed by atoms with Crippen LogP contribution in [0.3, 0.4) is 0 Å². The number of carbonyl (C=O) groups excluding carboxylic acids is 2. The summed E-state index contributed by atoms with van der Waals surface area (Å²) < 4.78 is 0. The molecule has 1 aliphatic rings. The Hall–Kier alpha value is -3.40. The zero-order valence-electron chi connectivity index (χ0n) is 13.6. The summed E-state index contributed by atoms with van der Waals surface area (Å²) in [5, 5.41) is 12.0. The van der Waals surface area contributed by atoms with E-state index in [0.29, 0.717) is 37.4 Å². The van der Waals surface area contributed by atoms with Gasteiger partial charge >= 0.3 is 0 Å². The molecule has 126 valence electrons. The zero-order valence-corrected chi connectivity index (χ0v) is 13.6. The molecule has 1 N–H and O–H groups in total. The number of nitrogens with zero attached hydrogens (tertiary/aromatic N) is 4. The van der Waals surface area contributed by atoms with Gasteiger partial charge in [0.2, 0.25) is 6.41 Å². The van der Waals surface area contributed by atoms with E-state index in [-0.39, 0.29) is 5.91 Å². The smallest absolute Gasteiger partial charge is 0.272 e. The minimum Gasteiger partial charge on any atom is -0.355 e. The summed E-state index contributed by atoms with van der Waals surface area (Å²) in [5.74, 6) is -0.144. The largest absolute Gasteiger partial charge is 0.355 e. The third-order valence-electron chi connectivity index (χ3n) is 4.03.